The lowest BCUT2D eigenvalue weighted by Gasteiger charge is -2.00. The zero-order valence-corrected chi connectivity index (χ0v) is 9.34. The molecule has 0 heterocycles. The lowest BCUT2D eigenvalue weighted by molar-refractivity contribution is 0.264. The predicted octanol–water partition coefficient (Wildman–Crippen LogP) is 3.54. The summed E-state index contributed by atoms with van der Waals surface area (Å²) in [4.78, 5) is 11.0. The Morgan fingerprint density at radius 2 is 2.31 bits per heavy atom. The first-order valence-electron chi connectivity index (χ1n) is 3.17. The highest BCUT2D eigenvalue weighted by atomic mass is 79.9. The van der Waals surface area contributed by atoms with E-state index in [1.807, 2.05) is 0 Å². The molecule has 0 saturated heterocycles. The molecule has 0 atom stereocenters. The molecule has 0 spiro atoms. The first-order chi connectivity index (χ1) is 6.09. The van der Waals surface area contributed by atoms with Crippen molar-refractivity contribution < 1.29 is 9.18 Å². The Labute approximate surface area is 92.1 Å². The van der Waals surface area contributed by atoms with Crippen LogP contribution in [0.3, 0.4) is 0 Å². The zero-order chi connectivity index (χ0) is 9.84. The topological polar surface area (TPSA) is 29.1 Å². The minimum absolute atomic E-state index is 0.346. The second kappa shape index (κ2) is 4.83. The van der Waals surface area contributed by atoms with E-state index in [2.05, 4.69) is 20.7 Å². The summed E-state index contributed by atoms with van der Waals surface area (Å²) >= 11 is 9.08. The molecule has 13 heavy (non-hydrogen) atoms. The maximum atomic E-state index is 12.7. The Hall–Kier alpha value is -0.260. The number of benzene rings is 1. The molecule has 0 saturated carbocycles. The van der Waals surface area contributed by atoms with E-state index in [-0.39, 0.29) is 5.82 Å². The van der Waals surface area contributed by atoms with Crippen molar-refractivity contribution >= 4 is 44.8 Å². The number of hydrogen-bond acceptors (Lipinski definition) is 2. The number of rotatable bonds is 2. The first kappa shape index (κ1) is 10.8. The Balaban J connectivity index is 2.68. The van der Waals surface area contributed by atoms with Crippen molar-refractivity contribution in [2.24, 2.45) is 0 Å². The van der Waals surface area contributed by atoms with Crippen molar-refractivity contribution in [3.8, 4) is 0 Å². The van der Waals surface area contributed by atoms with Gasteiger partial charge in [0.1, 0.15) is 5.82 Å². The predicted molar refractivity (Wildman–Crippen MR) is 54.3 cm³/mol. The molecule has 1 aromatic rings. The van der Waals surface area contributed by atoms with Crippen LogP contribution in [-0.4, -0.2) is 5.37 Å². The van der Waals surface area contributed by atoms with Crippen molar-refractivity contribution in [3.05, 3.63) is 28.5 Å². The quantitative estimate of drug-likeness (QED) is 0.511. The van der Waals surface area contributed by atoms with Crippen LogP contribution in [0.1, 0.15) is 0 Å². The summed E-state index contributed by atoms with van der Waals surface area (Å²) in [5, 5.41) is -0.662. The second-order valence-electron chi connectivity index (χ2n) is 2.05. The normalized spacial score (nSPS) is 9.77. The standard InChI is InChI=1S/C7H4BrClFNOS/c8-5-3-4(1-2-6(5)10)13-11-7(9)12/h1-3H,(H,11,12). The third kappa shape index (κ3) is 3.54. The van der Waals surface area contributed by atoms with Crippen molar-refractivity contribution in [1.82, 2.24) is 4.72 Å². The summed E-state index contributed by atoms with van der Waals surface area (Å²) in [6.45, 7) is 0. The van der Waals surface area contributed by atoms with Crippen LogP contribution in [0.5, 0.6) is 0 Å². The molecule has 0 radical (unpaired) electrons. The summed E-state index contributed by atoms with van der Waals surface area (Å²) in [6, 6.07) is 4.39. The van der Waals surface area contributed by atoms with Gasteiger partial charge in [-0.15, -0.1) is 0 Å². The van der Waals surface area contributed by atoms with Crippen LogP contribution in [0.15, 0.2) is 27.6 Å². The fourth-order valence-corrected chi connectivity index (χ4v) is 1.80. The summed E-state index contributed by atoms with van der Waals surface area (Å²) in [6.07, 6.45) is 0. The molecule has 0 aliphatic rings. The average molecular weight is 285 g/mol. The van der Waals surface area contributed by atoms with Crippen molar-refractivity contribution in [3.63, 3.8) is 0 Å². The van der Waals surface area contributed by atoms with Crippen LogP contribution < -0.4 is 4.72 Å². The van der Waals surface area contributed by atoms with E-state index in [0.29, 0.717) is 9.37 Å². The van der Waals surface area contributed by atoms with E-state index >= 15 is 0 Å². The highest BCUT2D eigenvalue weighted by Crippen LogP contribution is 2.22. The molecule has 0 fully saturated rings. The monoisotopic (exact) mass is 283 g/mol. The van der Waals surface area contributed by atoms with E-state index in [4.69, 9.17) is 11.6 Å². The summed E-state index contributed by atoms with van der Waals surface area (Å²) in [7, 11) is 0. The third-order valence-corrected chi connectivity index (χ3v) is 2.73. The Bertz CT molecular complexity index is 336. The molecular weight excluding hydrogens is 281 g/mol. The summed E-state index contributed by atoms with van der Waals surface area (Å²) in [5.41, 5.74) is 0. The molecule has 1 amide bonds. The van der Waals surface area contributed by atoms with Crippen molar-refractivity contribution in [2.45, 2.75) is 4.90 Å². The van der Waals surface area contributed by atoms with E-state index in [9.17, 15) is 9.18 Å². The largest absolute Gasteiger partial charge is 0.323 e. The van der Waals surface area contributed by atoms with E-state index in [0.717, 1.165) is 11.9 Å². The lowest BCUT2D eigenvalue weighted by Crippen LogP contribution is -2.04. The minimum atomic E-state index is -0.662. The first-order valence-corrected chi connectivity index (χ1v) is 5.15. The number of carbonyl (C=O) groups is 1. The molecule has 0 aliphatic carbocycles. The molecule has 1 rings (SSSR count). The molecule has 6 heteroatoms. The Kier molecular flexibility index (Phi) is 4.02. The molecule has 1 aromatic carbocycles. The average Bonchev–Trinajstić information content (AvgIpc) is 2.07. The molecule has 1 N–H and O–H groups in total. The van der Waals surface area contributed by atoms with Gasteiger partial charge in [0, 0.05) is 4.90 Å². The van der Waals surface area contributed by atoms with Gasteiger partial charge in [-0.25, -0.2) is 4.39 Å². The summed E-state index contributed by atoms with van der Waals surface area (Å²) < 4.78 is 15.4. The van der Waals surface area contributed by atoms with E-state index in [1.54, 1.807) is 6.07 Å². The zero-order valence-electron chi connectivity index (χ0n) is 6.18. The van der Waals surface area contributed by atoms with Crippen LogP contribution in [0.4, 0.5) is 9.18 Å². The number of halogens is 3. The number of hydrogen-bond donors (Lipinski definition) is 1. The van der Waals surface area contributed by atoms with Gasteiger partial charge in [0.25, 0.3) is 0 Å². The molecule has 2 nitrogen and oxygen atoms in total. The molecule has 0 aliphatic heterocycles. The molecule has 0 bridgehead atoms. The van der Waals surface area contributed by atoms with Crippen molar-refractivity contribution in [2.75, 3.05) is 0 Å². The van der Waals surface area contributed by atoms with Gasteiger partial charge in [-0.1, -0.05) is 0 Å². The maximum absolute atomic E-state index is 12.7. The van der Waals surface area contributed by atoms with Gasteiger partial charge in [-0.3, -0.25) is 9.52 Å². The molecule has 0 aromatic heterocycles. The highest BCUT2D eigenvalue weighted by Gasteiger charge is 2.01. The Morgan fingerprint density at radius 3 is 2.85 bits per heavy atom. The van der Waals surface area contributed by atoms with Crippen molar-refractivity contribution in [1.29, 1.82) is 0 Å². The van der Waals surface area contributed by atoms with Crippen LogP contribution in [0.2, 0.25) is 0 Å². The highest BCUT2D eigenvalue weighted by molar-refractivity contribution is 9.10. The molecule has 70 valence electrons. The smallest absolute Gasteiger partial charge is 0.282 e. The van der Waals surface area contributed by atoms with Gasteiger partial charge in [0.15, 0.2) is 0 Å². The van der Waals surface area contributed by atoms with E-state index in [1.165, 1.54) is 12.1 Å². The van der Waals surface area contributed by atoms with Crippen LogP contribution in [0, 0.1) is 5.82 Å². The van der Waals surface area contributed by atoms with Gasteiger partial charge in [0.05, 0.1) is 4.47 Å². The van der Waals surface area contributed by atoms with Crippen LogP contribution >= 0.6 is 39.5 Å². The lowest BCUT2D eigenvalue weighted by atomic mass is 10.3. The van der Waals surface area contributed by atoms with Crippen LogP contribution in [0.25, 0.3) is 0 Å². The fourth-order valence-electron chi connectivity index (χ4n) is 0.639. The van der Waals surface area contributed by atoms with Crippen LogP contribution in [-0.2, 0) is 0 Å². The second-order valence-corrected chi connectivity index (χ2v) is 4.13. The SMILES string of the molecule is O=C(Cl)NSc1ccc(F)c(Br)c1. The van der Waals surface area contributed by atoms with Gasteiger partial charge in [-0.2, -0.15) is 0 Å². The Morgan fingerprint density at radius 1 is 1.62 bits per heavy atom. The maximum Gasteiger partial charge on any atom is 0.323 e. The fraction of sp³-hybridized carbons (Fsp3) is 0. The minimum Gasteiger partial charge on any atom is -0.282 e. The van der Waals surface area contributed by atoms with Gasteiger partial charge < -0.3 is 0 Å². The van der Waals surface area contributed by atoms with E-state index < -0.39 is 5.37 Å². The van der Waals surface area contributed by atoms with Gasteiger partial charge >= 0.3 is 5.37 Å². The molecular formula is C7H4BrClFNOS. The number of amides is 1. The number of nitrogens with one attached hydrogen (secondary N) is 1. The molecule has 0 unspecified atom stereocenters. The summed E-state index contributed by atoms with van der Waals surface area (Å²) in [5.74, 6) is -0.346. The van der Waals surface area contributed by atoms with Gasteiger partial charge in [-0.05, 0) is 57.7 Å². The third-order valence-electron chi connectivity index (χ3n) is 1.14. The van der Waals surface area contributed by atoms with Gasteiger partial charge in [0.2, 0.25) is 0 Å². The number of carbonyl (C=O) groups excluding carboxylic acids is 1.